The molecule has 1 aromatic carbocycles. The van der Waals surface area contributed by atoms with Gasteiger partial charge in [-0.25, -0.2) is 0 Å². The first-order valence-corrected chi connectivity index (χ1v) is 8.22. The molecule has 0 bridgehead atoms. The minimum absolute atomic E-state index is 0.577. The number of hydrogen-bond donors (Lipinski definition) is 0. The lowest BCUT2D eigenvalue weighted by atomic mass is 10.1. The molecule has 2 aliphatic rings. The first kappa shape index (κ1) is 12.9. The summed E-state index contributed by atoms with van der Waals surface area (Å²) in [4.78, 5) is 1.01. The predicted molar refractivity (Wildman–Crippen MR) is 80.3 cm³/mol. The fourth-order valence-electron chi connectivity index (χ4n) is 2.62. The van der Waals surface area contributed by atoms with Gasteiger partial charge >= 0.3 is 0 Å². The Kier molecular flexibility index (Phi) is 3.00. The van der Waals surface area contributed by atoms with Crippen molar-refractivity contribution in [1.29, 1.82) is 5.26 Å². The van der Waals surface area contributed by atoms with Crippen LogP contribution >= 0.6 is 11.8 Å². The molecule has 4 nitrogen and oxygen atoms in total. The van der Waals surface area contributed by atoms with Crippen molar-refractivity contribution in [2.45, 2.75) is 54.6 Å². The molecule has 21 heavy (non-hydrogen) atoms. The van der Waals surface area contributed by atoms with Gasteiger partial charge in [0.05, 0.1) is 5.56 Å². The second-order valence-corrected chi connectivity index (χ2v) is 6.86. The van der Waals surface area contributed by atoms with Gasteiger partial charge in [-0.15, -0.1) is 10.2 Å². The van der Waals surface area contributed by atoms with E-state index in [-0.39, 0.29) is 0 Å². The van der Waals surface area contributed by atoms with Gasteiger partial charge in [-0.05, 0) is 56.0 Å². The van der Waals surface area contributed by atoms with Gasteiger partial charge in [0, 0.05) is 16.9 Å². The van der Waals surface area contributed by atoms with Gasteiger partial charge < -0.3 is 4.57 Å². The maximum Gasteiger partial charge on any atom is 0.196 e. The Bertz CT molecular complexity index is 735. The van der Waals surface area contributed by atoms with Crippen LogP contribution in [-0.2, 0) is 0 Å². The van der Waals surface area contributed by atoms with Crippen LogP contribution in [0.5, 0.6) is 0 Å². The number of hydrogen-bond acceptors (Lipinski definition) is 4. The second-order valence-electron chi connectivity index (χ2n) is 5.88. The summed E-state index contributed by atoms with van der Waals surface area (Å²) >= 11 is 1.59. The largest absolute Gasteiger partial charge is 0.302 e. The van der Waals surface area contributed by atoms with Gasteiger partial charge in [0.1, 0.15) is 11.9 Å². The summed E-state index contributed by atoms with van der Waals surface area (Å²) in [5.74, 6) is 1.77. The third kappa shape index (κ3) is 2.34. The lowest BCUT2D eigenvalue weighted by molar-refractivity contribution is 0.627. The average molecular weight is 296 g/mol. The quantitative estimate of drug-likeness (QED) is 0.860. The third-order valence-electron chi connectivity index (χ3n) is 4.07. The number of aryl methyl sites for hydroxylation is 1. The van der Waals surface area contributed by atoms with Gasteiger partial charge in [0.2, 0.25) is 0 Å². The van der Waals surface area contributed by atoms with Gasteiger partial charge in [0.25, 0.3) is 0 Å². The fourth-order valence-corrected chi connectivity index (χ4v) is 3.68. The molecule has 1 aromatic heterocycles. The summed E-state index contributed by atoms with van der Waals surface area (Å²) in [6, 6.07) is 8.71. The fraction of sp³-hybridized carbons (Fsp3) is 0.438. The molecule has 0 radical (unpaired) electrons. The number of aromatic nitrogens is 3. The molecular weight excluding hydrogens is 280 g/mol. The Morgan fingerprint density at radius 3 is 2.71 bits per heavy atom. The molecule has 0 aliphatic heterocycles. The molecule has 4 rings (SSSR count). The molecule has 2 aromatic rings. The standard InChI is InChI=1S/C16H16N4S/c1-10-3-2-4-12(9-17)14(10)21-16-19-18-15(11-5-6-11)20(16)13-7-8-13/h2-4,11,13H,5-8H2,1H3. The highest BCUT2D eigenvalue weighted by Gasteiger charge is 2.36. The third-order valence-corrected chi connectivity index (χ3v) is 5.28. The molecule has 5 heteroatoms. The van der Waals surface area contributed by atoms with Crippen LogP contribution < -0.4 is 0 Å². The smallest absolute Gasteiger partial charge is 0.196 e. The maximum atomic E-state index is 9.31. The normalized spacial score (nSPS) is 17.7. The topological polar surface area (TPSA) is 54.5 Å². The molecule has 0 atom stereocenters. The predicted octanol–water partition coefficient (Wildman–Crippen LogP) is 3.82. The number of nitriles is 1. The Hall–Kier alpha value is -1.80. The number of nitrogens with zero attached hydrogens (tertiary/aromatic N) is 4. The minimum atomic E-state index is 0.577. The molecule has 0 N–H and O–H groups in total. The van der Waals surface area contributed by atoms with E-state index in [1.807, 2.05) is 25.1 Å². The van der Waals surface area contributed by atoms with Crippen LogP contribution in [0.4, 0.5) is 0 Å². The van der Waals surface area contributed by atoms with Crippen LogP contribution in [-0.4, -0.2) is 14.8 Å². The molecule has 0 saturated heterocycles. The van der Waals surface area contributed by atoms with Gasteiger partial charge in [0.15, 0.2) is 5.16 Å². The van der Waals surface area contributed by atoms with E-state index in [2.05, 4.69) is 20.8 Å². The molecule has 106 valence electrons. The van der Waals surface area contributed by atoms with Gasteiger partial charge in [-0.3, -0.25) is 0 Å². The average Bonchev–Trinajstić information content (AvgIpc) is 3.40. The van der Waals surface area contributed by atoms with Crippen molar-refractivity contribution in [2.24, 2.45) is 0 Å². The van der Waals surface area contributed by atoms with Crippen LogP contribution in [0.3, 0.4) is 0 Å². The first-order chi connectivity index (χ1) is 10.3. The summed E-state index contributed by atoms with van der Waals surface area (Å²) < 4.78 is 2.33. The molecule has 2 fully saturated rings. The van der Waals surface area contributed by atoms with E-state index in [4.69, 9.17) is 0 Å². The van der Waals surface area contributed by atoms with Crippen LogP contribution in [0.1, 0.15) is 54.6 Å². The van der Waals surface area contributed by atoms with E-state index in [9.17, 15) is 5.26 Å². The zero-order valence-corrected chi connectivity index (χ0v) is 12.7. The van der Waals surface area contributed by atoms with E-state index in [0.29, 0.717) is 12.0 Å². The summed E-state index contributed by atoms with van der Waals surface area (Å²) in [5, 5.41) is 19.1. The van der Waals surface area contributed by atoms with Gasteiger partial charge in [-0.1, -0.05) is 12.1 Å². The highest BCUT2D eigenvalue weighted by molar-refractivity contribution is 7.99. The van der Waals surface area contributed by atoms with E-state index < -0.39 is 0 Å². The number of rotatable bonds is 4. The van der Waals surface area contributed by atoms with Crippen molar-refractivity contribution >= 4 is 11.8 Å². The first-order valence-electron chi connectivity index (χ1n) is 7.40. The number of benzene rings is 1. The zero-order chi connectivity index (χ0) is 14.4. The Labute approximate surface area is 128 Å². The maximum absolute atomic E-state index is 9.31. The molecular formula is C16H16N4S. The molecule has 0 amide bonds. The van der Waals surface area contributed by atoms with Crippen molar-refractivity contribution in [1.82, 2.24) is 14.8 Å². The highest BCUT2D eigenvalue weighted by Crippen LogP contribution is 2.47. The van der Waals surface area contributed by atoms with E-state index in [1.54, 1.807) is 11.8 Å². The monoisotopic (exact) mass is 296 g/mol. The zero-order valence-electron chi connectivity index (χ0n) is 11.9. The summed E-state index contributed by atoms with van der Waals surface area (Å²) in [5.41, 5.74) is 1.84. The minimum Gasteiger partial charge on any atom is -0.302 e. The molecule has 2 saturated carbocycles. The Morgan fingerprint density at radius 1 is 1.24 bits per heavy atom. The summed E-state index contributed by atoms with van der Waals surface area (Å²) in [7, 11) is 0. The van der Waals surface area contributed by atoms with Crippen molar-refractivity contribution in [2.75, 3.05) is 0 Å². The van der Waals surface area contributed by atoms with E-state index in [0.717, 1.165) is 27.0 Å². The lowest BCUT2D eigenvalue weighted by Crippen LogP contribution is -2.02. The van der Waals surface area contributed by atoms with Crippen LogP contribution in [0, 0.1) is 18.3 Å². The van der Waals surface area contributed by atoms with Gasteiger partial charge in [-0.2, -0.15) is 5.26 Å². The Morgan fingerprint density at radius 2 is 2.05 bits per heavy atom. The van der Waals surface area contributed by atoms with Crippen molar-refractivity contribution < 1.29 is 0 Å². The summed E-state index contributed by atoms with van der Waals surface area (Å²) in [6.45, 7) is 2.04. The van der Waals surface area contributed by atoms with Crippen LogP contribution in [0.15, 0.2) is 28.3 Å². The van der Waals surface area contributed by atoms with Crippen LogP contribution in [0.25, 0.3) is 0 Å². The van der Waals surface area contributed by atoms with Crippen LogP contribution in [0.2, 0.25) is 0 Å². The van der Waals surface area contributed by atoms with Crippen molar-refractivity contribution in [3.63, 3.8) is 0 Å². The van der Waals surface area contributed by atoms with Crippen molar-refractivity contribution in [3.8, 4) is 6.07 Å². The molecule has 1 heterocycles. The van der Waals surface area contributed by atoms with E-state index >= 15 is 0 Å². The molecule has 0 spiro atoms. The SMILES string of the molecule is Cc1cccc(C#N)c1Sc1nnc(C2CC2)n1C1CC1. The Balaban J connectivity index is 1.74. The van der Waals surface area contributed by atoms with Crippen molar-refractivity contribution in [3.05, 3.63) is 35.2 Å². The lowest BCUT2D eigenvalue weighted by Gasteiger charge is -2.10. The second kappa shape index (κ2) is 4.88. The molecule has 2 aliphatic carbocycles. The molecule has 0 unspecified atom stereocenters. The van der Waals surface area contributed by atoms with E-state index in [1.165, 1.54) is 25.7 Å². The summed E-state index contributed by atoms with van der Waals surface area (Å²) in [6.07, 6.45) is 4.93. The highest BCUT2D eigenvalue weighted by atomic mass is 32.2.